The second-order valence-electron chi connectivity index (χ2n) is 5.79. The molecule has 1 aliphatic rings. The van der Waals surface area contributed by atoms with Crippen molar-refractivity contribution < 1.29 is 14.3 Å². The maximum Gasteiger partial charge on any atom is 0.244 e. The summed E-state index contributed by atoms with van der Waals surface area (Å²) in [6.07, 6.45) is 3.32. The maximum atomic E-state index is 12.0. The van der Waals surface area contributed by atoms with Crippen LogP contribution in [0.5, 0.6) is 11.5 Å². The second-order valence-corrected chi connectivity index (χ2v) is 5.79. The molecule has 0 saturated heterocycles. The van der Waals surface area contributed by atoms with Crippen LogP contribution in [0.15, 0.2) is 54.6 Å². The molecule has 1 aliphatic heterocycles. The number of carbonyl (C=O) groups is 1. The van der Waals surface area contributed by atoms with Crippen molar-refractivity contribution in [3.05, 3.63) is 65.7 Å². The van der Waals surface area contributed by atoms with Crippen LogP contribution >= 0.6 is 0 Å². The van der Waals surface area contributed by atoms with Crippen molar-refractivity contribution in [1.82, 2.24) is 5.32 Å². The average Bonchev–Trinajstić information content (AvgIpc) is 2.65. The Labute approximate surface area is 142 Å². The van der Waals surface area contributed by atoms with Crippen LogP contribution in [0, 0.1) is 0 Å². The van der Waals surface area contributed by atoms with Gasteiger partial charge in [-0.15, -0.1) is 0 Å². The Hall–Kier alpha value is -2.75. The van der Waals surface area contributed by atoms with Crippen LogP contribution < -0.4 is 14.8 Å². The lowest BCUT2D eigenvalue weighted by atomic mass is 10.0. The van der Waals surface area contributed by atoms with E-state index < -0.39 is 0 Å². The van der Waals surface area contributed by atoms with E-state index in [1.165, 1.54) is 5.56 Å². The molecular formula is C20H21NO3. The van der Waals surface area contributed by atoms with Crippen LogP contribution in [0.3, 0.4) is 0 Å². The summed E-state index contributed by atoms with van der Waals surface area (Å²) in [6.45, 7) is 3.83. The third kappa shape index (κ3) is 4.16. The van der Waals surface area contributed by atoms with Gasteiger partial charge in [0, 0.05) is 12.6 Å². The molecule has 0 fully saturated rings. The lowest BCUT2D eigenvalue weighted by Crippen LogP contribution is -2.25. The minimum absolute atomic E-state index is 0.104. The van der Waals surface area contributed by atoms with Gasteiger partial charge in [0.05, 0.1) is 0 Å². The first-order chi connectivity index (χ1) is 11.7. The molecule has 4 nitrogen and oxygen atoms in total. The Kier molecular flexibility index (Phi) is 5.16. The van der Waals surface area contributed by atoms with Crippen molar-refractivity contribution >= 4 is 12.0 Å². The SMILES string of the molecule is C[C@@H](CNC(=O)/C=C/c1ccc2c(c1)OCCO2)c1ccccc1. The summed E-state index contributed by atoms with van der Waals surface area (Å²) < 4.78 is 11.0. The number of ether oxygens (including phenoxy) is 2. The molecule has 124 valence electrons. The summed E-state index contributed by atoms with van der Waals surface area (Å²) >= 11 is 0. The van der Waals surface area contributed by atoms with E-state index in [1.807, 2.05) is 36.4 Å². The van der Waals surface area contributed by atoms with Gasteiger partial charge in [0.25, 0.3) is 0 Å². The predicted octanol–water partition coefficient (Wildman–Crippen LogP) is 3.39. The number of benzene rings is 2. The number of fused-ring (bicyclic) bond motifs is 1. The average molecular weight is 323 g/mol. The zero-order valence-corrected chi connectivity index (χ0v) is 13.7. The minimum Gasteiger partial charge on any atom is -0.486 e. The highest BCUT2D eigenvalue weighted by Gasteiger charge is 2.11. The number of amides is 1. The van der Waals surface area contributed by atoms with E-state index in [2.05, 4.69) is 24.4 Å². The quantitative estimate of drug-likeness (QED) is 0.858. The molecule has 1 heterocycles. The number of hydrogen-bond donors (Lipinski definition) is 1. The normalized spacial score (nSPS) is 14.4. The second kappa shape index (κ2) is 7.68. The highest BCUT2D eigenvalue weighted by atomic mass is 16.6. The van der Waals surface area contributed by atoms with Crippen LogP contribution in [0.25, 0.3) is 6.08 Å². The Morgan fingerprint density at radius 1 is 1.12 bits per heavy atom. The van der Waals surface area contributed by atoms with E-state index in [-0.39, 0.29) is 11.8 Å². The standard InChI is InChI=1S/C20H21NO3/c1-15(17-5-3-2-4-6-17)14-21-20(22)10-8-16-7-9-18-19(13-16)24-12-11-23-18/h2-10,13,15H,11-12,14H2,1H3,(H,21,22)/b10-8+/t15-/m0/s1. The fraction of sp³-hybridized carbons (Fsp3) is 0.250. The first-order valence-electron chi connectivity index (χ1n) is 8.13. The van der Waals surface area contributed by atoms with Crippen LogP contribution in [0.4, 0.5) is 0 Å². The number of rotatable bonds is 5. The van der Waals surface area contributed by atoms with Crippen molar-refractivity contribution in [2.75, 3.05) is 19.8 Å². The summed E-state index contributed by atoms with van der Waals surface area (Å²) in [5, 5.41) is 2.93. The first kappa shape index (κ1) is 16.1. The fourth-order valence-corrected chi connectivity index (χ4v) is 2.55. The summed E-state index contributed by atoms with van der Waals surface area (Å²) in [4.78, 5) is 12.0. The smallest absolute Gasteiger partial charge is 0.244 e. The van der Waals surface area contributed by atoms with Crippen molar-refractivity contribution in [2.45, 2.75) is 12.8 Å². The molecule has 0 spiro atoms. The van der Waals surface area contributed by atoms with Gasteiger partial charge in [-0.1, -0.05) is 43.3 Å². The van der Waals surface area contributed by atoms with Gasteiger partial charge in [-0.05, 0) is 35.3 Å². The number of nitrogens with one attached hydrogen (secondary N) is 1. The number of hydrogen-bond acceptors (Lipinski definition) is 3. The van der Waals surface area contributed by atoms with Gasteiger partial charge >= 0.3 is 0 Å². The van der Waals surface area contributed by atoms with E-state index in [9.17, 15) is 4.79 Å². The largest absolute Gasteiger partial charge is 0.486 e. The van der Waals surface area contributed by atoms with Gasteiger partial charge < -0.3 is 14.8 Å². The summed E-state index contributed by atoms with van der Waals surface area (Å²) in [5.74, 6) is 1.64. The Morgan fingerprint density at radius 3 is 2.67 bits per heavy atom. The lowest BCUT2D eigenvalue weighted by Gasteiger charge is -2.18. The zero-order chi connectivity index (χ0) is 16.8. The summed E-state index contributed by atoms with van der Waals surface area (Å²) in [7, 11) is 0. The Morgan fingerprint density at radius 2 is 1.88 bits per heavy atom. The molecule has 0 saturated carbocycles. The lowest BCUT2D eigenvalue weighted by molar-refractivity contribution is -0.116. The Balaban J connectivity index is 1.54. The van der Waals surface area contributed by atoms with Crippen LogP contribution in [-0.2, 0) is 4.79 Å². The molecule has 1 atom stereocenters. The van der Waals surface area contributed by atoms with Crippen molar-refractivity contribution in [3.8, 4) is 11.5 Å². The molecule has 2 aromatic rings. The molecular weight excluding hydrogens is 302 g/mol. The minimum atomic E-state index is -0.104. The molecule has 3 rings (SSSR count). The molecule has 0 radical (unpaired) electrons. The van der Waals surface area contributed by atoms with E-state index in [1.54, 1.807) is 12.2 Å². The predicted molar refractivity (Wildman–Crippen MR) is 94.3 cm³/mol. The van der Waals surface area contributed by atoms with E-state index in [0.717, 1.165) is 17.1 Å². The molecule has 0 aromatic heterocycles. The molecule has 1 N–H and O–H groups in total. The highest BCUT2D eigenvalue weighted by Crippen LogP contribution is 2.31. The molecule has 0 aliphatic carbocycles. The molecule has 0 unspecified atom stereocenters. The molecule has 24 heavy (non-hydrogen) atoms. The topological polar surface area (TPSA) is 47.6 Å². The molecule has 2 aromatic carbocycles. The highest BCUT2D eigenvalue weighted by molar-refractivity contribution is 5.91. The maximum absolute atomic E-state index is 12.0. The molecule has 0 bridgehead atoms. The van der Waals surface area contributed by atoms with Gasteiger partial charge in [0.15, 0.2) is 11.5 Å². The molecule has 1 amide bonds. The van der Waals surface area contributed by atoms with Crippen molar-refractivity contribution in [2.24, 2.45) is 0 Å². The Bertz CT molecular complexity index is 725. The number of carbonyl (C=O) groups excluding carboxylic acids is 1. The third-order valence-corrected chi connectivity index (χ3v) is 3.94. The van der Waals surface area contributed by atoms with Crippen molar-refractivity contribution in [3.63, 3.8) is 0 Å². The van der Waals surface area contributed by atoms with Gasteiger partial charge in [-0.3, -0.25) is 4.79 Å². The third-order valence-electron chi connectivity index (χ3n) is 3.94. The van der Waals surface area contributed by atoms with E-state index in [0.29, 0.717) is 19.8 Å². The first-order valence-corrected chi connectivity index (χ1v) is 8.13. The van der Waals surface area contributed by atoms with Crippen molar-refractivity contribution in [1.29, 1.82) is 0 Å². The zero-order valence-electron chi connectivity index (χ0n) is 13.7. The summed E-state index contributed by atoms with van der Waals surface area (Å²) in [6, 6.07) is 15.8. The van der Waals surface area contributed by atoms with Crippen LogP contribution in [0.1, 0.15) is 24.0 Å². The van der Waals surface area contributed by atoms with Gasteiger partial charge in [-0.2, -0.15) is 0 Å². The van der Waals surface area contributed by atoms with Gasteiger partial charge in [0.1, 0.15) is 13.2 Å². The van der Waals surface area contributed by atoms with Crippen LogP contribution in [0.2, 0.25) is 0 Å². The van der Waals surface area contributed by atoms with Gasteiger partial charge in [-0.25, -0.2) is 0 Å². The molecule has 4 heteroatoms. The van der Waals surface area contributed by atoms with Gasteiger partial charge in [0.2, 0.25) is 5.91 Å². The van der Waals surface area contributed by atoms with E-state index >= 15 is 0 Å². The van der Waals surface area contributed by atoms with Crippen LogP contribution in [-0.4, -0.2) is 25.7 Å². The van der Waals surface area contributed by atoms with E-state index in [4.69, 9.17) is 9.47 Å². The monoisotopic (exact) mass is 323 g/mol. The summed E-state index contributed by atoms with van der Waals surface area (Å²) in [5.41, 5.74) is 2.12. The fourth-order valence-electron chi connectivity index (χ4n) is 2.55.